The molecular formula is C27H34N2O3. The van der Waals surface area contributed by atoms with Gasteiger partial charge >= 0.3 is 0 Å². The fraction of sp³-hybridized carbons (Fsp3) is 0.407. The highest BCUT2D eigenvalue weighted by molar-refractivity contribution is 5.88. The minimum absolute atomic E-state index is 0.0557. The lowest BCUT2D eigenvalue weighted by Gasteiger charge is -2.31. The van der Waals surface area contributed by atoms with Crippen LogP contribution >= 0.6 is 0 Å². The molecule has 0 unspecified atom stereocenters. The van der Waals surface area contributed by atoms with Crippen molar-refractivity contribution in [2.75, 3.05) is 13.7 Å². The lowest BCUT2D eigenvalue weighted by Crippen LogP contribution is -2.43. The summed E-state index contributed by atoms with van der Waals surface area (Å²) in [5.74, 6) is 0.569. The number of carbonyl (C=O) groups is 2. The molecule has 1 N–H and O–H groups in total. The van der Waals surface area contributed by atoms with Crippen LogP contribution in [0.3, 0.4) is 0 Å². The fourth-order valence-electron chi connectivity index (χ4n) is 4.14. The van der Waals surface area contributed by atoms with Crippen LogP contribution in [-0.4, -0.2) is 30.4 Å². The summed E-state index contributed by atoms with van der Waals surface area (Å²) in [7, 11) is 1.63. The standard InChI is InChI=1S/C27H34N2O3/c1-3-25(30)29(20-22-14-16-24(32-2)17-15-22)26(23-12-8-5-9-13-23)27(31)28-19-18-21-10-6-4-7-11-21/h5,8-10,12-17,26H,3-4,6-7,11,18-20H2,1-2H3,(H,28,31)/t26-/m1/s1. The van der Waals surface area contributed by atoms with Gasteiger partial charge in [0.15, 0.2) is 0 Å². The van der Waals surface area contributed by atoms with Crippen LogP contribution in [0.15, 0.2) is 66.2 Å². The van der Waals surface area contributed by atoms with E-state index in [0.29, 0.717) is 19.5 Å². The van der Waals surface area contributed by atoms with E-state index in [1.807, 2.05) is 61.5 Å². The quantitative estimate of drug-likeness (QED) is 0.524. The smallest absolute Gasteiger partial charge is 0.247 e. The third kappa shape index (κ3) is 6.46. The highest BCUT2D eigenvalue weighted by Crippen LogP contribution is 2.26. The van der Waals surface area contributed by atoms with E-state index in [2.05, 4.69) is 11.4 Å². The molecule has 2 aromatic rings. The summed E-state index contributed by atoms with van der Waals surface area (Å²) < 4.78 is 5.24. The highest BCUT2D eigenvalue weighted by atomic mass is 16.5. The number of hydrogen-bond donors (Lipinski definition) is 1. The monoisotopic (exact) mass is 434 g/mol. The molecular weight excluding hydrogens is 400 g/mol. The minimum atomic E-state index is -0.675. The van der Waals surface area contributed by atoms with E-state index in [9.17, 15) is 9.59 Å². The predicted molar refractivity (Wildman–Crippen MR) is 127 cm³/mol. The molecule has 2 amide bonds. The van der Waals surface area contributed by atoms with Gasteiger partial charge < -0.3 is 15.0 Å². The molecule has 1 aliphatic carbocycles. The fourth-order valence-corrected chi connectivity index (χ4v) is 4.14. The van der Waals surface area contributed by atoms with E-state index in [1.54, 1.807) is 12.0 Å². The molecule has 0 spiro atoms. The number of carbonyl (C=O) groups excluding carboxylic acids is 2. The van der Waals surface area contributed by atoms with Crippen molar-refractivity contribution >= 4 is 11.8 Å². The largest absolute Gasteiger partial charge is 0.497 e. The normalized spacial score (nSPS) is 14.2. The predicted octanol–water partition coefficient (Wildman–Crippen LogP) is 5.18. The Labute approximate surface area is 191 Å². The van der Waals surface area contributed by atoms with Gasteiger partial charge in [-0.2, -0.15) is 0 Å². The van der Waals surface area contributed by atoms with Gasteiger partial charge in [0.1, 0.15) is 11.8 Å². The zero-order chi connectivity index (χ0) is 22.8. The second-order valence-electron chi connectivity index (χ2n) is 8.19. The van der Waals surface area contributed by atoms with Gasteiger partial charge in [-0.1, -0.05) is 61.0 Å². The van der Waals surface area contributed by atoms with Crippen molar-refractivity contribution in [1.82, 2.24) is 10.2 Å². The van der Waals surface area contributed by atoms with Crippen LogP contribution in [0.2, 0.25) is 0 Å². The maximum Gasteiger partial charge on any atom is 0.247 e. The van der Waals surface area contributed by atoms with Crippen molar-refractivity contribution in [3.05, 3.63) is 77.4 Å². The van der Waals surface area contributed by atoms with Crippen molar-refractivity contribution in [3.63, 3.8) is 0 Å². The van der Waals surface area contributed by atoms with Crippen molar-refractivity contribution in [3.8, 4) is 5.75 Å². The van der Waals surface area contributed by atoms with Crippen LogP contribution in [0.4, 0.5) is 0 Å². The molecule has 0 saturated heterocycles. The molecule has 0 aliphatic heterocycles. The van der Waals surface area contributed by atoms with Crippen LogP contribution in [0.25, 0.3) is 0 Å². The summed E-state index contributed by atoms with van der Waals surface area (Å²) in [6, 6.07) is 16.5. The average Bonchev–Trinajstić information content (AvgIpc) is 2.85. The number of nitrogens with one attached hydrogen (secondary N) is 1. The first kappa shape index (κ1) is 23.6. The summed E-state index contributed by atoms with van der Waals surface area (Å²) in [5, 5.41) is 3.10. The Hall–Kier alpha value is -3.08. The lowest BCUT2D eigenvalue weighted by molar-refractivity contribution is -0.141. The molecule has 0 radical (unpaired) electrons. The van der Waals surface area contributed by atoms with Gasteiger partial charge in [-0.3, -0.25) is 9.59 Å². The van der Waals surface area contributed by atoms with E-state index < -0.39 is 6.04 Å². The second-order valence-corrected chi connectivity index (χ2v) is 8.19. The van der Waals surface area contributed by atoms with Crippen LogP contribution in [0.5, 0.6) is 5.75 Å². The van der Waals surface area contributed by atoms with Gasteiger partial charge in [0.25, 0.3) is 0 Å². The topological polar surface area (TPSA) is 58.6 Å². The van der Waals surface area contributed by atoms with Crippen molar-refractivity contribution in [2.24, 2.45) is 0 Å². The lowest BCUT2D eigenvalue weighted by atomic mass is 9.97. The van der Waals surface area contributed by atoms with Crippen molar-refractivity contribution < 1.29 is 14.3 Å². The Kier molecular flexibility index (Phi) is 8.90. The first-order valence-corrected chi connectivity index (χ1v) is 11.5. The van der Waals surface area contributed by atoms with Crippen LogP contribution < -0.4 is 10.1 Å². The first-order chi connectivity index (χ1) is 15.6. The van der Waals surface area contributed by atoms with Crippen LogP contribution in [0, 0.1) is 0 Å². The van der Waals surface area contributed by atoms with E-state index in [0.717, 1.165) is 36.1 Å². The van der Waals surface area contributed by atoms with Crippen molar-refractivity contribution in [1.29, 1.82) is 0 Å². The number of methoxy groups -OCH3 is 1. The third-order valence-electron chi connectivity index (χ3n) is 5.94. The summed E-state index contributed by atoms with van der Waals surface area (Å²) >= 11 is 0. The summed E-state index contributed by atoms with van der Waals surface area (Å²) in [5.41, 5.74) is 3.19. The number of hydrogen-bond acceptors (Lipinski definition) is 3. The average molecular weight is 435 g/mol. The van der Waals surface area contributed by atoms with E-state index in [4.69, 9.17) is 4.74 Å². The molecule has 0 saturated carbocycles. The molecule has 5 nitrogen and oxygen atoms in total. The Bertz CT molecular complexity index is 906. The number of nitrogens with zero attached hydrogens (tertiary/aromatic N) is 1. The molecule has 0 bridgehead atoms. The molecule has 32 heavy (non-hydrogen) atoms. The first-order valence-electron chi connectivity index (χ1n) is 11.5. The third-order valence-corrected chi connectivity index (χ3v) is 5.94. The molecule has 0 aromatic heterocycles. The number of amides is 2. The zero-order valence-corrected chi connectivity index (χ0v) is 19.2. The molecule has 3 rings (SSSR count). The van der Waals surface area contributed by atoms with Gasteiger partial charge in [-0.05, 0) is 55.4 Å². The molecule has 1 aliphatic rings. The Morgan fingerprint density at radius 3 is 2.44 bits per heavy atom. The Balaban J connectivity index is 1.80. The Morgan fingerprint density at radius 2 is 1.81 bits per heavy atom. The molecule has 5 heteroatoms. The van der Waals surface area contributed by atoms with Gasteiger partial charge in [-0.25, -0.2) is 0 Å². The summed E-state index contributed by atoms with van der Waals surface area (Å²) in [6.45, 7) is 2.78. The van der Waals surface area contributed by atoms with Crippen LogP contribution in [0.1, 0.15) is 62.6 Å². The maximum atomic E-state index is 13.4. The molecule has 170 valence electrons. The summed E-state index contributed by atoms with van der Waals surface area (Å²) in [6.07, 6.45) is 8.25. The van der Waals surface area contributed by atoms with E-state index in [1.165, 1.54) is 18.4 Å². The van der Waals surface area contributed by atoms with Gasteiger partial charge in [-0.15, -0.1) is 0 Å². The molecule has 2 aromatic carbocycles. The number of rotatable bonds is 10. The second kappa shape index (κ2) is 12.1. The minimum Gasteiger partial charge on any atom is -0.497 e. The maximum absolute atomic E-state index is 13.4. The molecule has 0 heterocycles. The SMILES string of the molecule is CCC(=O)N(Cc1ccc(OC)cc1)[C@@H](C(=O)NCCC1=CCCCC1)c1ccccc1. The Morgan fingerprint density at radius 1 is 1.06 bits per heavy atom. The van der Waals surface area contributed by atoms with Gasteiger partial charge in [0.05, 0.1) is 7.11 Å². The molecule has 0 fully saturated rings. The van der Waals surface area contributed by atoms with E-state index >= 15 is 0 Å². The summed E-state index contributed by atoms with van der Waals surface area (Å²) in [4.78, 5) is 28.1. The number of ether oxygens (including phenoxy) is 1. The van der Waals surface area contributed by atoms with Crippen molar-refractivity contribution in [2.45, 2.75) is 58.0 Å². The van der Waals surface area contributed by atoms with E-state index in [-0.39, 0.29) is 11.8 Å². The van der Waals surface area contributed by atoms with Gasteiger partial charge in [0, 0.05) is 19.5 Å². The van der Waals surface area contributed by atoms with Crippen LogP contribution in [-0.2, 0) is 16.1 Å². The highest BCUT2D eigenvalue weighted by Gasteiger charge is 2.30. The zero-order valence-electron chi connectivity index (χ0n) is 19.2. The molecule has 1 atom stereocenters. The number of benzene rings is 2. The van der Waals surface area contributed by atoms with Gasteiger partial charge in [0.2, 0.25) is 11.8 Å². The number of allylic oxidation sites excluding steroid dienone is 1.